The van der Waals surface area contributed by atoms with Crippen LogP contribution in [-0.4, -0.2) is 10.5 Å². The highest BCUT2D eigenvalue weighted by atomic mass is 35.5. The lowest BCUT2D eigenvalue weighted by Gasteiger charge is -1.82. The van der Waals surface area contributed by atoms with Crippen molar-refractivity contribution in [3.8, 4) is 0 Å². The second-order valence-corrected chi connectivity index (χ2v) is 2.80. The first-order valence-electron chi connectivity index (χ1n) is 2.51. The Bertz CT molecular complexity index is 148. The monoisotopic (exact) mass is 166 g/mol. The largest absolute Gasteiger partial charge is 0.281 e. The molecule has 0 aromatic carbocycles. The predicted molar refractivity (Wildman–Crippen MR) is 33.3 cm³/mol. The van der Waals surface area contributed by atoms with Crippen LogP contribution in [0.5, 0.6) is 0 Å². The minimum Gasteiger partial charge on any atom is -0.281 e. The van der Waals surface area contributed by atoms with Gasteiger partial charge in [0.25, 0.3) is 0 Å². The van der Waals surface area contributed by atoms with E-state index in [1.54, 1.807) is 0 Å². The maximum absolute atomic E-state index is 10.3. The van der Waals surface area contributed by atoms with Gasteiger partial charge in [0.1, 0.15) is 0 Å². The molecular formula is C5H4Cl2O2. The third-order valence-electron chi connectivity index (χ3n) is 1.37. The van der Waals surface area contributed by atoms with E-state index in [0.29, 0.717) is 6.42 Å². The van der Waals surface area contributed by atoms with Crippen LogP contribution in [0.1, 0.15) is 6.42 Å². The number of hydrogen-bond donors (Lipinski definition) is 0. The van der Waals surface area contributed by atoms with Gasteiger partial charge in [-0.3, -0.25) is 9.59 Å². The Balaban J connectivity index is 2.42. The van der Waals surface area contributed by atoms with Crippen molar-refractivity contribution in [2.45, 2.75) is 6.42 Å². The minimum atomic E-state index is -0.450. The second kappa shape index (κ2) is 2.27. The van der Waals surface area contributed by atoms with Crippen molar-refractivity contribution in [2.75, 3.05) is 0 Å². The van der Waals surface area contributed by atoms with E-state index in [4.69, 9.17) is 23.2 Å². The Morgan fingerprint density at radius 1 is 1.11 bits per heavy atom. The zero-order valence-electron chi connectivity index (χ0n) is 4.43. The Labute approximate surface area is 62.1 Å². The van der Waals surface area contributed by atoms with Crippen LogP contribution in [0.25, 0.3) is 0 Å². The van der Waals surface area contributed by atoms with Gasteiger partial charge in [-0.15, -0.1) is 0 Å². The highest BCUT2D eigenvalue weighted by Gasteiger charge is 2.46. The van der Waals surface area contributed by atoms with Gasteiger partial charge in [-0.25, -0.2) is 0 Å². The summed E-state index contributed by atoms with van der Waals surface area (Å²) in [6, 6.07) is 0. The predicted octanol–water partition coefficient (Wildman–Crippen LogP) is 1.15. The number of halogens is 2. The molecular weight excluding hydrogens is 163 g/mol. The highest BCUT2D eigenvalue weighted by Crippen LogP contribution is 2.41. The van der Waals surface area contributed by atoms with Crippen LogP contribution in [0.2, 0.25) is 0 Å². The molecule has 0 bridgehead atoms. The molecule has 1 rings (SSSR count). The molecule has 0 radical (unpaired) electrons. The molecule has 1 aliphatic rings. The summed E-state index contributed by atoms with van der Waals surface area (Å²) in [6.45, 7) is 0. The van der Waals surface area contributed by atoms with E-state index in [0.717, 1.165) is 0 Å². The molecule has 2 nitrogen and oxygen atoms in total. The fourth-order valence-corrected chi connectivity index (χ4v) is 1.18. The number of carbonyl (C=O) groups excluding carboxylic acids is 2. The molecule has 0 heterocycles. The summed E-state index contributed by atoms with van der Waals surface area (Å²) in [5.74, 6) is -0.590. The van der Waals surface area contributed by atoms with Crippen molar-refractivity contribution < 1.29 is 9.59 Å². The van der Waals surface area contributed by atoms with E-state index >= 15 is 0 Å². The summed E-state index contributed by atoms with van der Waals surface area (Å²) in [4.78, 5) is 20.6. The Kier molecular flexibility index (Phi) is 1.78. The van der Waals surface area contributed by atoms with Crippen LogP contribution in [0, 0.1) is 11.8 Å². The zero-order chi connectivity index (χ0) is 7.02. The van der Waals surface area contributed by atoms with Crippen molar-refractivity contribution in [1.82, 2.24) is 0 Å². The number of hydrogen-bond acceptors (Lipinski definition) is 2. The van der Waals surface area contributed by atoms with Crippen molar-refractivity contribution >= 4 is 33.7 Å². The molecule has 0 amide bonds. The molecule has 1 fully saturated rings. The summed E-state index contributed by atoms with van der Waals surface area (Å²) in [7, 11) is 0. The molecule has 0 unspecified atom stereocenters. The SMILES string of the molecule is O=C(Cl)[C@H]1C[C@H]1C(=O)Cl. The first-order chi connectivity index (χ1) is 4.13. The fourth-order valence-electron chi connectivity index (χ4n) is 0.697. The van der Waals surface area contributed by atoms with E-state index in [9.17, 15) is 9.59 Å². The van der Waals surface area contributed by atoms with Gasteiger partial charge in [0.2, 0.25) is 10.5 Å². The van der Waals surface area contributed by atoms with Crippen molar-refractivity contribution in [3.63, 3.8) is 0 Å². The van der Waals surface area contributed by atoms with Gasteiger partial charge in [-0.05, 0) is 29.6 Å². The van der Waals surface area contributed by atoms with E-state index in [1.807, 2.05) is 0 Å². The van der Waals surface area contributed by atoms with Gasteiger partial charge in [-0.1, -0.05) is 0 Å². The third kappa shape index (κ3) is 1.43. The van der Waals surface area contributed by atoms with E-state index in [1.165, 1.54) is 0 Å². The maximum Gasteiger partial charge on any atom is 0.225 e. The summed E-state index contributed by atoms with van der Waals surface area (Å²) >= 11 is 10.1. The molecule has 2 atom stereocenters. The van der Waals surface area contributed by atoms with Gasteiger partial charge in [-0.2, -0.15) is 0 Å². The summed E-state index contributed by atoms with van der Waals surface area (Å²) in [5, 5.41) is -0.900. The lowest BCUT2D eigenvalue weighted by Crippen LogP contribution is -1.96. The average Bonchev–Trinajstić information content (AvgIpc) is 2.39. The lowest BCUT2D eigenvalue weighted by atomic mass is 10.4. The summed E-state index contributed by atoms with van der Waals surface area (Å²) in [5.41, 5.74) is 0. The van der Waals surface area contributed by atoms with Crippen LogP contribution in [-0.2, 0) is 9.59 Å². The van der Waals surface area contributed by atoms with E-state index in [2.05, 4.69) is 0 Å². The zero-order valence-corrected chi connectivity index (χ0v) is 5.95. The molecule has 1 saturated carbocycles. The number of carbonyl (C=O) groups is 2. The molecule has 1 aliphatic carbocycles. The molecule has 9 heavy (non-hydrogen) atoms. The lowest BCUT2D eigenvalue weighted by molar-refractivity contribution is -0.117. The minimum absolute atomic E-state index is 0.295. The average molecular weight is 167 g/mol. The van der Waals surface area contributed by atoms with Gasteiger partial charge in [0, 0.05) is 11.8 Å². The molecule has 0 aromatic heterocycles. The van der Waals surface area contributed by atoms with Crippen LogP contribution < -0.4 is 0 Å². The molecule has 0 spiro atoms. The molecule has 0 aliphatic heterocycles. The fraction of sp³-hybridized carbons (Fsp3) is 0.600. The Hall–Kier alpha value is -0.0800. The summed E-state index contributed by atoms with van der Waals surface area (Å²) in [6.07, 6.45) is 0.532. The standard InChI is InChI=1S/C5H4Cl2O2/c6-4(8)2-1-3(2)5(7)9/h2-3H,1H2/t2-,3+. The van der Waals surface area contributed by atoms with Gasteiger partial charge in [0.05, 0.1) is 0 Å². The van der Waals surface area contributed by atoms with Crippen LogP contribution in [0.3, 0.4) is 0 Å². The van der Waals surface area contributed by atoms with Gasteiger partial charge < -0.3 is 0 Å². The Morgan fingerprint density at radius 3 is 1.56 bits per heavy atom. The summed E-state index contributed by atoms with van der Waals surface area (Å²) < 4.78 is 0. The van der Waals surface area contributed by atoms with Crippen LogP contribution in [0.4, 0.5) is 0 Å². The van der Waals surface area contributed by atoms with Crippen molar-refractivity contribution in [2.24, 2.45) is 11.8 Å². The topological polar surface area (TPSA) is 34.1 Å². The van der Waals surface area contributed by atoms with E-state index in [-0.39, 0.29) is 11.8 Å². The first-order valence-corrected chi connectivity index (χ1v) is 3.27. The molecule has 0 N–H and O–H groups in total. The molecule has 4 heteroatoms. The normalized spacial score (nSPS) is 31.8. The second-order valence-electron chi connectivity index (χ2n) is 2.06. The highest BCUT2D eigenvalue weighted by molar-refractivity contribution is 6.67. The van der Waals surface area contributed by atoms with Crippen molar-refractivity contribution in [1.29, 1.82) is 0 Å². The molecule has 0 aromatic rings. The van der Waals surface area contributed by atoms with Crippen molar-refractivity contribution in [3.05, 3.63) is 0 Å². The molecule has 0 saturated heterocycles. The van der Waals surface area contributed by atoms with Crippen LogP contribution >= 0.6 is 23.2 Å². The van der Waals surface area contributed by atoms with Crippen LogP contribution in [0.15, 0.2) is 0 Å². The van der Waals surface area contributed by atoms with E-state index < -0.39 is 10.5 Å². The van der Waals surface area contributed by atoms with Gasteiger partial charge >= 0.3 is 0 Å². The smallest absolute Gasteiger partial charge is 0.225 e. The van der Waals surface area contributed by atoms with Gasteiger partial charge in [0.15, 0.2) is 0 Å². The Morgan fingerprint density at radius 2 is 1.44 bits per heavy atom. The molecule has 50 valence electrons. The third-order valence-corrected chi connectivity index (χ3v) is 1.93. The quantitative estimate of drug-likeness (QED) is 0.578. The maximum atomic E-state index is 10.3. The first kappa shape index (κ1) is 7.03. The number of rotatable bonds is 2.